The molecule has 0 aliphatic heterocycles. The number of rotatable bonds is 7. The fourth-order valence-corrected chi connectivity index (χ4v) is 3.94. The van der Waals surface area contributed by atoms with E-state index in [-0.39, 0.29) is 5.97 Å². The maximum atomic E-state index is 11.8. The van der Waals surface area contributed by atoms with Gasteiger partial charge in [-0.3, -0.25) is 0 Å². The first-order valence-corrected chi connectivity index (χ1v) is 11.1. The third-order valence-corrected chi connectivity index (χ3v) is 5.75. The van der Waals surface area contributed by atoms with Crippen LogP contribution in [0.15, 0.2) is 78.9 Å². The zero-order valence-corrected chi connectivity index (χ0v) is 19.0. The number of esters is 1. The van der Waals surface area contributed by atoms with Crippen molar-refractivity contribution in [2.24, 2.45) is 0 Å². The Labute approximate surface area is 198 Å². The third-order valence-electron chi connectivity index (χ3n) is 5.52. The molecule has 4 aromatic rings. The zero-order valence-electron chi connectivity index (χ0n) is 18.2. The number of hydrogen-bond acceptors (Lipinski definition) is 4. The van der Waals surface area contributed by atoms with E-state index in [4.69, 9.17) is 16.3 Å². The number of carbonyl (C=O) groups excluding carboxylic acids is 1. The van der Waals surface area contributed by atoms with Crippen LogP contribution in [0.5, 0.6) is 0 Å². The minimum atomic E-state index is -0.643. The van der Waals surface area contributed by atoms with Gasteiger partial charge in [-0.2, -0.15) is 0 Å². The number of carbonyl (C=O) groups is 1. The monoisotopic (exact) mass is 457 g/mol. The molecule has 33 heavy (non-hydrogen) atoms. The van der Waals surface area contributed by atoms with Crippen molar-refractivity contribution in [3.63, 3.8) is 0 Å². The molecule has 0 bridgehead atoms. The standard InChI is InChI=1S/C28H24ClNO3/c1-33-28(32)22-7-4-5-19(17-22)9-16-27(31)25-8-3-2-6-20(25)11-14-24-15-12-21-10-13-23(29)18-26(21)30-24/h2-8,10-15,17-18,27,31H,9,16H2,1H3/t27-/m0/s1. The van der Waals surface area contributed by atoms with Gasteiger partial charge in [-0.05, 0) is 65.9 Å². The van der Waals surface area contributed by atoms with Gasteiger partial charge in [0.15, 0.2) is 0 Å². The average Bonchev–Trinajstić information content (AvgIpc) is 2.85. The van der Waals surface area contributed by atoms with Crippen molar-refractivity contribution in [1.82, 2.24) is 4.98 Å². The molecule has 0 aliphatic rings. The first-order valence-electron chi connectivity index (χ1n) is 10.7. The molecule has 0 saturated heterocycles. The van der Waals surface area contributed by atoms with E-state index in [2.05, 4.69) is 4.98 Å². The number of methoxy groups -OCH3 is 1. The largest absolute Gasteiger partial charge is 0.465 e. The van der Waals surface area contributed by atoms with Crippen LogP contribution in [-0.2, 0) is 11.2 Å². The van der Waals surface area contributed by atoms with Crippen LogP contribution in [0, 0.1) is 0 Å². The van der Waals surface area contributed by atoms with Crippen LogP contribution in [-0.4, -0.2) is 23.2 Å². The van der Waals surface area contributed by atoms with Gasteiger partial charge >= 0.3 is 5.97 Å². The van der Waals surface area contributed by atoms with Crippen LogP contribution in [0.2, 0.25) is 5.02 Å². The van der Waals surface area contributed by atoms with Gasteiger partial charge in [0.05, 0.1) is 30.0 Å². The number of halogens is 1. The summed E-state index contributed by atoms with van der Waals surface area (Å²) in [5.41, 5.74) is 4.92. The van der Waals surface area contributed by atoms with E-state index in [1.165, 1.54) is 7.11 Å². The molecule has 4 rings (SSSR count). The molecular weight excluding hydrogens is 434 g/mol. The molecule has 1 atom stereocenters. The SMILES string of the molecule is COC(=O)c1cccc(CC[C@H](O)c2ccccc2C=Cc2ccc3ccc(Cl)cc3n2)c1. The third kappa shape index (κ3) is 5.67. The smallest absolute Gasteiger partial charge is 0.337 e. The second-order valence-electron chi connectivity index (χ2n) is 7.78. The van der Waals surface area contributed by atoms with Crippen molar-refractivity contribution >= 4 is 40.6 Å². The number of aryl methyl sites for hydroxylation is 1. The molecule has 4 nitrogen and oxygen atoms in total. The lowest BCUT2D eigenvalue weighted by Crippen LogP contribution is -2.04. The Morgan fingerprint density at radius 3 is 2.70 bits per heavy atom. The number of pyridine rings is 1. The fraction of sp³-hybridized carbons (Fsp3) is 0.143. The van der Waals surface area contributed by atoms with E-state index in [0.717, 1.165) is 33.3 Å². The first kappa shape index (κ1) is 22.7. The summed E-state index contributed by atoms with van der Waals surface area (Å²) in [5.74, 6) is -0.363. The fourth-order valence-electron chi connectivity index (χ4n) is 3.77. The van der Waals surface area contributed by atoms with Gasteiger partial charge in [0.2, 0.25) is 0 Å². The van der Waals surface area contributed by atoms with Gasteiger partial charge in [0.25, 0.3) is 0 Å². The van der Waals surface area contributed by atoms with Crippen LogP contribution in [0.25, 0.3) is 23.1 Å². The van der Waals surface area contributed by atoms with Crippen LogP contribution in [0.4, 0.5) is 0 Å². The molecule has 0 saturated carbocycles. The number of hydrogen-bond donors (Lipinski definition) is 1. The van der Waals surface area contributed by atoms with Gasteiger partial charge < -0.3 is 9.84 Å². The topological polar surface area (TPSA) is 59.4 Å². The Bertz CT molecular complexity index is 1320. The molecule has 0 amide bonds. The predicted molar refractivity (Wildman–Crippen MR) is 133 cm³/mol. The van der Waals surface area contributed by atoms with Crippen molar-refractivity contribution in [3.05, 3.63) is 112 Å². The lowest BCUT2D eigenvalue weighted by Gasteiger charge is -2.14. The highest BCUT2D eigenvalue weighted by molar-refractivity contribution is 6.31. The number of fused-ring (bicyclic) bond motifs is 1. The van der Waals surface area contributed by atoms with Gasteiger partial charge in [-0.1, -0.05) is 66.2 Å². The van der Waals surface area contributed by atoms with Gasteiger partial charge in [-0.15, -0.1) is 0 Å². The highest BCUT2D eigenvalue weighted by Crippen LogP contribution is 2.25. The van der Waals surface area contributed by atoms with Gasteiger partial charge in [0, 0.05) is 10.4 Å². The molecule has 0 radical (unpaired) electrons. The average molecular weight is 458 g/mol. The molecule has 1 N–H and O–H groups in total. The van der Waals surface area contributed by atoms with E-state index >= 15 is 0 Å². The summed E-state index contributed by atoms with van der Waals surface area (Å²) in [6, 6.07) is 24.7. The van der Waals surface area contributed by atoms with Gasteiger partial charge in [-0.25, -0.2) is 9.78 Å². The zero-order chi connectivity index (χ0) is 23.2. The summed E-state index contributed by atoms with van der Waals surface area (Å²) in [6.07, 6.45) is 4.43. The molecule has 5 heteroatoms. The highest BCUT2D eigenvalue weighted by Gasteiger charge is 2.12. The minimum absolute atomic E-state index is 0.363. The summed E-state index contributed by atoms with van der Waals surface area (Å²) >= 11 is 6.10. The minimum Gasteiger partial charge on any atom is -0.465 e. The normalized spacial score (nSPS) is 12.2. The van der Waals surface area contributed by atoms with Crippen LogP contribution in [0.1, 0.15) is 45.3 Å². The Morgan fingerprint density at radius 1 is 1.03 bits per heavy atom. The lowest BCUT2D eigenvalue weighted by molar-refractivity contribution is 0.0600. The van der Waals surface area contributed by atoms with Gasteiger partial charge in [0.1, 0.15) is 0 Å². The summed E-state index contributed by atoms with van der Waals surface area (Å²) in [6.45, 7) is 0. The molecule has 0 fully saturated rings. The molecule has 1 heterocycles. The summed E-state index contributed by atoms with van der Waals surface area (Å²) in [4.78, 5) is 16.4. The number of ether oxygens (including phenoxy) is 1. The number of aliphatic hydroxyl groups is 1. The molecule has 0 aliphatic carbocycles. The second-order valence-corrected chi connectivity index (χ2v) is 8.22. The quantitative estimate of drug-likeness (QED) is 0.321. The van der Waals surface area contributed by atoms with E-state index in [1.807, 2.05) is 84.9 Å². The molecule has 1 aromatic heterocycles. The number of nitrogens with zero attached hydrogens (tertiary/aromatic N) is 1. The number of benzene rings is 3. The molecule has 0 unspecified atom stereocenters. The van der Waals surface area contributed by atoms with Crippen LogP contribution >= 0.6 is 11.6 Å². The van der Waals surface area contributed by atoms with E-state index in [9.17, 15) is 9.90 Å². The molecule has 0 spiro atoms. The summed E-state index contributed by atoms with van der Waals surface area (Å²) in [5, 5.41) is 12.6. The molecular formula is C28H24ClNO3. The van der Waals surface area contributed by atoms with E-state index < -0.39 is 6.10 Å². The predicted octanol–water partition coefficient (Wildman–Crippen LogP) is 6.51. The molecule has 3 aromatic carbocycles. The molecule has 166 valence electrons. The maximum absolute atomic E-state index is 11.8. The lowest BCUT2D eigenvalue weighted by atomic mass is 9.96. The van der Waals surface area contributed by atoms with Crippen LogP contribution in [0.3, 0.4) is 0 Å². The van der Waals surface area contributed by atoms with Crippen LogP contribution < -0.4 is 0 Å². The number of aliphatic hydroxyl groups excluding tert-OH is 1. The van der Waals surface area contributed by atoms with Crippen molar-refractivity contribution < 1.29 is 14.6 Å². The Hall–Kier alpha value is -3.47. The summed E-state index contributed by atoms with van der Waals surface area (Å²) in [7, 11) is 1.37. The Morgan fingerprint density at radius 2 is 1.85 bits per heavy atom. The maximum Gasteiger partial charge on any atom is 0.337 e. The highest BCUT2D eigenvalue weighted by atomic mass is 35.5. The number of aromatic nitrogens is 1. The second kappa shape index (κ2) is 10.4. The van der Waals surface area contributed by atoms with Crippen molar-refractivity contribution in [2.75, 3.05) is 7.11 Å². The van der Waals surface area contributed by atoms with E-state index in [1.54, 1.807) is 6.07 Å². The first-order chi connectivity index (χ1) is 16.0. The summed E-state index contributed by atoms with van der Waals surface area (Å²) < 4.78 is 4.79. The van der Waals surface area contributed by atoms with Crippen molar-refractivity contribution in [1.29, 1.82) is 0 Å². The van der Waals surface area contributed by atoms with Crippen molar-refractivity contribution in [2.45, 2.75) is 18.9 Å². The Balaban J connectivity index is 1.49. The van der Waals surface area contributed by atoms with Crippen molar-refractivity contribution in [3.8, 4) is 0 Å². The Kier molecular flexibility index (Phi) is 7.18. The van der Waals surface area contributed by atoms with E-state index in [0.29, 0.717) is 23.4 Å².